The van der Waals surface area contributed by atoms with E-state index in [1.807, 2.05) is 6.92 Å². The van der Waals surface area contributed by atoms with Crippen molar-refractivity contribution >= 4 is 23.1 Å². The fraction of sp³-hybridized carbons (Fsp3) is 0.375. The Morgan fingerprint density at radius 2 is 2.57 bits per heavy atom. The van der Waals surface area contributed by atoms with Gasteiger partial charge in [0.2, 0.25) is 5.91 Å². The number of amides is 1. The highest BCUT2D eigenvalue weighted by molar-refractivity contribution is 7.80. The van der Waals surface area contributed by atoms with Crippen LogP contribution in [0.2, 0.25) is 0 Å². The third-order valence-electron chi connectivity index (χ3n) is 1.64. The lowest BCUT2D eigenvalue weighted by atomic mass is 10.3. The van der Waals surface area contributed by atoms with Crippen molar-refractivity contribution in [3.63, 3.8) is 0 Å². The second kappa shape index (κ2) is 4.71. The Kier molecular flexibility index (Phi) is 3.58. The lowest BCUT2D eigenvalue weighted by Crippen LogP contribution is -2.30. The SMILES string of the molecule is CC(NC(=O)CC(N)=S)c1ncc[nH]1. The van der Waals surface area contributed by atoms with Crippen LogP contribution in [-0.4, -0.2) is 20.9 Å². The molecule has 14 heavy (non-hydrogen) atoms. The third-order valence-corrected chi connectivity index (χ3v) is 1.79. The molecule has 0 saturated carbocycles. The van der Waals surface area contributed by atoms with E-state index in [0.29, 0.717) is 5.82 Å². The van der Waals surface area contributed by atoms with E-state index in [4.69, 9.17) is 5.73 Å². The maximum Gasteiger partial charge on any atom is 0.227 e. The number of hydrogen-bond donors (Lipinski definition) is 3. The number of rotatable bonds is 4. The van der Waals surface area contributed by atoms with Gasteiger partial charge in [-0.3, -0.25) is 4.79 Å². The van der Waals surface area contributed by atoms with Crippen LogP contribution in [-0.2, 0) is 4.79 Å². The molecule has 1 aromatic heterocycles. The van der Waals surface area contributed by atoms with Crippen molar-refractivity contribution in [2.75, 3.05) is 0 Å². The van der Waals surface area contributed by atoms with E-state index >= 15 is 0 Å². The second-order valence-electron chi connectivity index (χ2n) is 2.91. The van der Waals surface area contributed by atoms with Gasteiger partial charge in [-0.05, 0) is 6.92 Å². The van der Waals surface area contributed by atoms with E-state index in [-0.39, 0.29) is 23.4 Å². The highest BCUT2D eigenvalue weighted by Crippen LogP contribution is 2.04. The predicted octanol–water partition coefficient (Wildman–Crippen LogP) is 0.263. The summed E-state index contributed by atoms with van der Waals surface area (Å²) in [5, 5.41) is 2.71. The number of imidazole rings is 1. The van der Waals surface area contributed by atoms with Crippen molar-refractivity contribution in [3.05, 3.63) is 18.2 Å². The summed E-state index contributed by atoms with van der Waals surface area (Å²) in [6.45, 7) is 1.83. The molecule has 1 atom stereocenters. The minimum atomic E-state index is -0.193. The summed E-state index contributed by atoms with van der Waals surface area (Å²) in [6.07, 6.45) is 3.40. The van der Waals surface area contributed by atoms with E-state index in [1.165, 1.54) is 0 Å². The van der Waals surface area contributed by atoms with Gasteiger partial charge in [0.1, 0.15) is 5.82 Å². The van der Waals surface area contributed by atoms with E-state index < -0.39 is 0 Å². The lowest BCUT2D eigenvalue weighted by Gasteiger charge is -2.10. The van der Waals surface area contributed by atoms with Gasteiger partial charge in [-0.2, -0.15) is 0 Å². The highest BCUT2D eigenvalue weighted by Gasteiger charge is 2.11. The minimum absolute atomic E-state index is 0.0698. The van der Waals surface area contributed by atoms with E-state index in [2.05, 4.69) is 27.5 Å². The monoisotopic (exact) mass is 212 g/mol. The van der Waals surface area contributed by atoms with Crippen molar-refractivity contribution in [2.24, 2.45) is 5.73 Å². The first kappa shape index (κ1) is 10.6. The Labute approximate surface area is 87.1 Å². The van der Waals surface area contributed by atoms with Crippen LogP contribution in [0.15, 0.2) is 12.4 Å². The number of hydrogen-bond acceptors (Lipinski definition) is 3. The molecule has 4 N–H and O–H groups in total. The summed E-state index contributed by atoms with van der Waals surface area (Å²) in [6, 6.07) is -0.160. The highest BCUT2D eigenvalue weighted by atomic mass is 32.1. The van der Waals surface area contributed by atoms with E-state index in [1.54, 1.807) is 12.4 Å². The standard InChI is InChI=1S/C8H12N4OS/c1-5(8-10-2-3-11-8)12-7(13)4-6(9)14/h2-3,5H,4H2,1H3,(H2,9,14)(H,10,11)(H,12,13). The molecule has 0 aliphatic heterocycles. The quantitative estimate of drug-likeness (QED) is 0.625. The van der Waals surface area contributed by atoms with Crippen LogP contribution in [0.4, 0.5) is 0 Å². The van der Waals surface area contributed by atoms with Gasteiger partial charge < -0.3 is 16.0 Å². The normalized spacial score (nSPS) is 12.1. The molecule has 0 radical (unpaired) electrons. The number of carbonyl (C=O) groups is 1. The number of nitrogens with one attached hydrogen (secondary N) is 2. The Morgan fingerprint density at radius 3 is 3.07 bits per heavy atom. The van der Waals surface area contributed by atoms with Crippen LogP contribution in [0.3, 0.4) is 0 Å². The molecule has 1 rings (SSSR count). The zero-order chi connectivity index (χ0) is 10.6. The van der Waals surface area contributed by atoms with Gasteiger partial charge >= 0.3 is 0 Å². The summed E-state index contributed by atoms with van der Waals surface area (Å²) < 4.78 is 0. The van der Waals surface area contributed by atoms with Crippen LogP contribution in [0.5, 0.6) is 0 Å². The molecule has 0 aromatic carbocycles. The number of carbonyl (C=O) groups excluding carboxylic acids is 1. The zero-order valence-electron chi connectivity index (χ0n) is 7.78. The molecule has 6 heteroatoms. The topological polar surface area (TPSA) is 83.8 Å². The van der Waals surface area contributed by atoms with Crippen molar-refractivity contribution in [2.45, 2.75) is 19.4 Å². The first-order valence-electron chi connectivity index (χ1n) is 4.16. The number of H-pyrrole nitrogens is 1. The molecule has 0 spiro atoms. The summed E-state index contributed by atoms with van der Waals surface area (Å²) in [5.74, 6) is 0.516. The van der Waals surface area contributed by atoms with Gasteiger partial charge in [-0.15, -0.1) is 0 Å². The van der Waals surface area contributed by atoms with Gasteiger partial charge in [-0.1, -0.05) is 12.2 Å². The summed E-state index contributed by atoms with van der Waals surface area (Å²) >= 11 is 4.62. The number of nitrogens with two attached hydrogens (primary N) is 1. The molecule has 1 amide bonds. The predicted molar refractivity (Wildman–Crippen MR) is 56.5 cm³/mol. The Hall–Kier alpha value is -1.43. The van der Waals surface area contributed by atoms with Crippen molar-refractivity contribution in [1.82, 2.24) is 15.3 Å². The maximum atomic E-state index is 11.2. The molecule has 1 aromatic rings. The second-order valence-corrected chi connectivity index (χ2v) is 3.43. The fourth-order valence-electron chi connectivity index (χ4n) is 1.03. The van der Waals surface area contributed by atoms with Gasteiger partial charge in [-0.25, -0.2) is 4.98 Å². The summed E-state index contributed by atoms with van der Waals surface area (Å²) in [5.41, 5.74) is 5.23. The van der Waals surface area contributed by atoms with Gasteiger partial charge in [0.05, 0.1) is 17.5 Å². The van der Waals surface area contributed by atoms with Crippen molar-refractivity contribution < 1.29 is 4.79 Å². The van der Waals surface area contributed by atoms with E-state index in [0.717, 1.165) is 0 Å². The van der Waals surface area contributed by atoms with Crippen LogP contribution >= 0.6 is 12.2 Å². The average molecular weight is 212 g/mol. The largest absolute Gasteiger partial charge is 0.393 e. The Morgan fingerprint density at radius 1 is 1.86 bits per heavy atom. The first-order valence-corrected chi connectivity index (χ1v) is 4.57. The molecule has 0 bridgehead atoms. The van der Waals surface area contributed by atoms with Gasteiger partial charge in [0.25, 0.3) is 0 Å². The van der Waals surface area contributed by atoms with Crippen LogP contribution < -0.4 is 11.1 Å². The Balaban J connectivity index is 2.45. The molecule has 0 saturated heterocycles. The molecule has 5 nitrogen and oxygen atoms in total. The molecule has 1 unspecified atom stereocenters. The molecular weight excluding hydrogens is 200 g/mol. The number of aromatic nitrogens is 2. The summed E-state index contributed by atoms with van der Waals surface area (Å²) in [4.78, 5) is 18.3. The van der Waals surface area contributed by atoms with Crippen LogP contribution in [0.25, 0.3) is 0 Å². The molecule has 0 aliphatic rings. The first-order chi connectivity index (χ1) is 6.59. The number of thiocarbonyl (C=S) groups is 1. The van der Waals surface area contributed by atoms with Crippen LogP contribution in [0, 0.1) is 0 Å². The average Bonchev–Trinajstić information content (AvgIpc) is 2.53. The number of nitrogens with zero attached hydrogens (tertiary/aromatic N) is 1. The molecule has 76 valence electrons. The minimum Gasteiger partial charge on any atom is -0.393 e. The van der Waals surface area contributed by atoms with Gasteiger partial charge in [0.15, 0.2) is 0 Å². The fourth-order valence-corrected chi connectivity index (χ4v) is 1.16. The number of aromatic amines is 1. The van der Waals surface area contributed by atoms with Crippen molar-refractivity contribution in [3.8, 4) is 0 Å². The lowest BCUT2D eigenvalue weighted by molar-refractivity contribution is -0.120. The molecule has 0 aliphatic carbocycles. The zero-order valence-corrected chi connectivity index (χ0v) is 8.60. The van der Waals surface area contributed by atoms with Crippen LogP contribution in [0.1, 0.15) is 25.2 Å². The molecular formula is C8H12N4OS. The third kappa shape index (κ3) is 3.14. The molecule has 0 fully saturated rings. The Bertz CT molecular complexity index is 322. The maximum absolute atomic E-state index is 11.2. The van der Waals surface area contributed by atoms with Crippen molar-refractivity contribution in [1.29, 1.82) is 0 Å². The van der Waals surface area contributed by atoms with Gasteiger partial charge in [0, 0.05) is 12.4 Å². The molecule has 1 heterocycles. The summed E-state index contributed by atoms with van der Waals surface area (Å²) in [7, 11) is 0. The smallest absolute Gasteiger partial charge is 0.227 e. The van der Waals surface area contributed by atoms with E-state index in [9.17, 15) is 4.79 Å².